The lowest BCUT2D eigenvalue weighted by Gasteiger charge is -2.19. The molecule has 0 saturated carbocycles. The number of benzene rings is 9. The zero-order chi connectivity index (χ0) is 43.1. The second kappa shape index (κ2) is 15.1. The Kier molecular flexibility index (Phi) is 9.35. The van der Waals surface area contributed by atoms with Crippen LogP contribution in [0.15, 0.2) is 176 Å². The second-order valence-electron chi connectivity index (χ2n) is 17.5. The Morgan fingerprint density at radius 1 is 0.270 bits per heavy atom. The molecule has 11 aromatic rings. The summed E-state index contributed by atoms with van der Waals surface area (Å²) in [5, 5.41) is 5.22. The van der Waals surface area contributed by atoms with E-state index in [2.05, 4.69) is 240 Å². The van der Waals surface area contributed by atoms with Gasteiger partial charge in [-0.1, -0.05) is 166 Å². The molecule has 2 heterocycles. The van der Waals surface area contributed by atoms with E-state index in [-0.39, 0.29) is 0 Å². The Labute approximate surface area is 375 Å². The summed E-state index contributed by atoms with van der Waals surface area (Å²) in [5.74, 6) is 0. The zero-order valence-electron chi connectivity index (χ0n) is 37.1. The van der Waals surface area contributed by atoms with Crippen molar-refractivity contribution in [2.75, 3.05) is 0 Å². The van der Waals surface area contributed by atoms with Gasteiger partial charge in [0.05, 0.1) is 11.0 Å². The molecule has 2 aromatic heterocycles. The summed E-state index contributed by atoms with van der Waals surface area (Å²) in [4.78, 5) is 0. The topological polar surface area (TPSA) is 9.86 Å². The van der Waals surface area contributed by atoms with Crippen molar-refractivity contribution < 1.29 is 0 Å². The van der Waals surface area contributed by atoms with Crippen molar-refractivity contribution >= 4 is 137 Å². The van der Waals surface area contributed by atoms with Gasteiger partial charge in [0.1, 0.15) is 54.9 Å². The predicted molar refractivity (Wildman–Crippen MR) is 294 cm³/mol. The van der Waals surface area contributed by atoms with Crippen LogP contribution in [0.2, 0.25) is 0 Å². The average Bonchev–Trinajstić information content (AvgIpc) is 3.87. The minimum atomic E-state index is 1.15. The van der Waals surface area contributed by atoms with E-state index in [9.17, 15) is 0 Å². The first-order valence-corrected chi connectivity index (χ1v) is 22.2. The van der Waals surface area contributed by atoms with Crippen molar-refractivity contribution in [2.45, 2.75) is 0 Å². The number of aromatic nitrogens is 2. The average molecular weight is 796 g/mol. The molecule has 9 heteroatoms. The molecule has 0 atom stereocenters. The van der Waals surface area contributed by atoms with E-state index < -0.39 is 0 Å². The van der Waals surface area contributed by atoms with Crippen molar-refractivity contribution in [1.82, 2.24) is 9.13 Å². The standard InChI is InChI=1S/C54H43B7N2/c55-46-43(47(56)51(60)53-44(46)45-48(57)49(58)50(59)52(61)54(45)63(53)38-24-18-34(19-25-38)31-12-6-2-7-13-31)36-21-27-41-40(28-36)39-26-20-35(32-14-8-3-9-15-32)29-42(39)62(41)37-22-16-33(17-23-37)30-10-4-1-5-11-30/h1-29H,55-61H2. The third-order valence-electron chi connectivity index (χ3n) is 14.3. The van der Waals surface area contributed by atoms with Gasteiger partial charge in [0.25, 0.3) is 0 Å². The fourth-order valence-electron chi connectivity index (χ4n) is 10.5. The molecule has 0 bridgehead atoms. The Balaban J connectivity index is 1.15. The summed E-state index contributed by atoms with van der Waals surface area (Å²) in [6.45, 7) is 0. The Morgan fingerprint density at radius 2 is 0.698 bits per heavy atom. The van der Waals surface area contributed by atoms with Gasteiger partial charge in [-0.05, 0) is 92.4 Å². The van der Waals surface area contributed by atoms with Crippen LogP contribution in [-0.2, 0) is 0 Å². The van der Waals surface area contributed by atoms with Crippen molar-refractivity contribution in [3.8, 4) is 55.9 Å². The van der Waals surface area contributed by atoms with Gasteiger partial charge in [0, 0.05) is 38.6 Å². The monoisotopic (exact) mass is 796 g/mol. The first kappa shape index (κ1) is 38.9. The van der Waals surface area contributed by atoms with Gasteiger partial charge in [-0.15, -0.1) is 5.46 Å². The van der Waals surface area contributed by atoms with E-state index >= 15 is 0 Å². The molecule has 0 N–H and O–H groups in total. The van der Waals surface area contributed by atoms with E-state index in [1.807, 2.05) is 0 Å². The second-order valence-corrected chi connectivity index (χ2v) is 17.5. The number of nitrogens with zero attached hydrogens (tertiary/aromatic N) is 2. The van der Waals surface area contributed by atoms with E-state index in [4.69, 9.17) is 0 Å². The molecule has 0 aliphatic rings. The summed E-state index contributed by atoms with van der Waals surface area (Å²) in [5.41, 5.74) is 26.7. The normalized spacial score (nSPS) is 11.6. The molecule has 0 fully saturated rings. The molecule has 63 heavy (non-hydrogen) atoms. The molecule has 0 spiro atoms. The van der Waals surface area contributed by atoms with E-state index in [0.717, 1.165) is 5.69 Å². The summed E-state index contributed by atoms with van der Waals surface area (Å²) < 4.78 is 5.02. The maximum absolute atomic E-state index is 2.57. The van der Waals surface area contributed by atoms with Gasteiger partial charge in [-0.3, -0.25) is 0 Å². The Bertz CT molecular complexity index is 3600. The predicted octanol–water partition coefficient (Wildman–Crippen LogP) is 2.36. The molecule has 0 aliphatic heterocycles. The van der Waals surface area contributed by atoms with Gasteiger partial charge in [0.15, 0.2) is 0 Å². The fourth-order valence-corrected chi connectivity index (χ4v) is 10.5. The molecule has 0 radical (unpaired) electrons. The highest BCUT2D eigenvalue weighted by Gasteiger charge is 2.25. The Morgan fingerprint density at radius 3 is 1.25 bits per heavy atom. The third kappa shape index (κ3) is 6.12. The molecule has 0 unspecified atom stereocenters. The Hall–Kier alpha value is -6.97. The van der Waals surface area contributed by atoms with Crippen LogP contribution in [0, 0.1) is 0 Å². The SMILES string of the molecule is Bc1c(B)c(B)c2c(c1B)c1c(B)c(-c3ccc4c(c3)c3ccc(-c5ccccc5)cc3n4-c3ccc(-c4ccccc4)cc3)c(B)c(B)c1n2-c1ccc(-c2ccccc2)cc1. The van der Waals surface area contributed by atoms with Gasteiger partial charge >= 0.3 is 0 Å². The maximum atomic E-state index is 2.57. The molecule has 0 aliphatic carbocycles. The van der Waals surface area contributed by atoms with Crippen molar-refractivity contribution in [1.29, 1.82) is 0 Å². The fraction of sp³-hybridized carbons (Fsp3) is 0. The first-order valence-electron chi connectivity index (χ1n) is 22.2. The maximum Gasteiger partial charge on any atom is 0.141 e. The minimum Gasteiger partial charge on any atom is -0.310 e. The summed E-state index contributed by atoms with van der Waals surface area (Å²) in [7, 11) is 16.3. The van der Waals surface area contributed by atoms with Gasteiger partial charge in [-0.25, -0.2) is 0 Å². The van der Waals surface area contributed by atoms with E-state index in [1.165, 1.54) is 132 Å². The van der Waals surface area contributed by atoms with Crippen LogP contribution >= 0.6 is 0 Å². The van der Waals surface area contributed by atoms with Gasteiger partial charge in [0.2, 0.25) is 0 Å². The lowest BCUT2D eigenvalue weighted by atomic mass is 9.64. The number of fused-ring (bicyclic) bond motifs is 6. The molecule has 9 aromatic carbocycles. The number of rotatable bonds is 6. The van der Waals surface area contributed by atoms with E-state index in [0.29, 0.717) is 0 Å². The van der Waals surface area contributed by atoms with Crippen LogP contribution < -0.4 is 38.2 Å². The molecule has 0 amide bonds. The van der Waals surface area contributed by atoms with Gasteiger partial charge in [-0.2, -0.15) is 0 Å². The highest BCUT2D eigenvalue weighted by Crippen LogP contribution is 2.38. The molecule has 0 saturated heterocycles. The van der Waals surface area contributed by atoms with Crippen LogP contribution in [0.3, 0.4) is 0 Å². The molecule has 2 nitrogen and oxygen atoms in total. The molecular weight excluding hydrogens is 752 g/mol. The van der Waals surface area contributed by atoms with Gasteiger partial charge < -0.3 is 9.13 Å². The zero-order valence-corrected chi connectivity index (χ0v) is 37.1. The highest BCUT2D eigenvalue weighted by molar-refractivity contribution is 6.69. The molecular formula is C54H43B7N2. The number of hydrogen-bond donors (Lipinski definition) is 0. The number of hydrogen-bond acceptors (Lipinski definition) is 0. The largest absolute Gasteiger partial charge is 0.310 e. The smallest absolute Gasteiger partial charge is 0.141 e. The van der Waals surface area contributed by atoms with Crippen LogP contribution in [0.25, 0.3) is 99.5 Å². The molecule has 11 rings (SSSR count). The van der Waals surface area contributed by atoms with Crippen LogP contribution in [0.4, 0.5) is 0 Å². The van der Waals surface area contributed by atoms with E-state index in [1.54, 1.807) is 0 Å². The summed E-state index contributed by atoms with van der Waals surface area (Å²) >= 11 is 0. The third-order valence-corrected chi connectivity index (χ3v) is 14.3. The van der Waals surface area contributed by atoms with Crippen molar-refractivity contribution in [3.05, 3.63) is 176 Å². The lowest BCUT2D eigenvalue weighted by molar-refractivity contribution is 1.18. The highest BCUT2D eigenvalue weighted by atomic mass is 15.0. The molecule has 290 valence electrons. The van der Waals surface area contributed by atoms with Crippen LogP contribution in [0.1, 0.15) is 0 Å². The summed E-state index contributed by atoms with van der Waals surface area (Å²) in [6, 6.07) is 64.5. The van der Waals surface area contributed by atoms with Crippen LogP contribution in [-0.4, -0.2) is 64.1 Å². The van der Waals surface area contributed by atoms with Crippen molar-refractivity contribution in [2.24, 2.45) is 0 Å². The first-order chi connectivity index (χ1) is 30.7. The summed E-state index contributed by atoms with van der Waals surface area (Å²) in [6.07, 6.45) is 0. The quantitative estimate of drug-likeness (QED) is 0.229. The lowest BCUT2D eigenvalue weighted by Crippen LogP contribution is -2.48. The van der Waals surface area contributed by atoms with Crippen molar-refractivity contribution in [3.63, 3.8) is 0 Å². The minimum absolute atomic E-state index is 1.15. The van der Waals surface area contributed by atoms with Crippen LogP contribution in [0.5, 0.6) is 0 Å².